The number of nitrogens with one attached hydrogen (secondary N) is 1. The third-order valence-corrected chi connectivity index (χ3v) is 3.29. The van der Waals surface area contributed by atoms with Gasteiger partial charge in [0, 0.05) is 26.2 Å². The monoisotopic (exact) mass is 255 g/mol. The predicted octanol–water partition coefficient (Wildman–Crippen LogP) is -0.944. The van der Waals surface area contributed by atoms with Gasteiger partial charge < -0.3 is 19.9 Å². The Kier molecular flexibility index (Phi) is 3.87. The Balaban J connectivity index is 1.89. The molecule has 0 atom stereocenters. The number of hydrogen-bond acceptors (Lipinski definition) is 4. The van der Waals surface area contributed by atoms with E-state index in [1.807, 2.05) is 13.8 Å². The lowest BCUT2D eigenvalue weighted by Gasteiger charge is -2.39. The van der Waals surface area contributed by atoms with Crippen LogP contribution >= 0.6 is 0 Å². The molecule has 0 bridgehead atoms. The third kappa shape index (κ3) is 3.20. The van der Waals surface area contributed by atoms with E-state index in [4.69, 9.17) is 4.74 Å². The lowest BCUT2D eigenvalue weighted by molar-refractivity contribution is -0.150. The van der Waals surface area contributed by atoms with Crippen LogP contribution in [0.5, 0.6) is 0 Å². The molecule has 0 aromatic rings. The zero-order valence-electron chi connectivity index (χ0n) is 11.1. The Hall–Kier alpha value is -1.14. The van der Waals surface area contributed by atoms with Gasteiger partial charge in [-0.05, 0) is 13.8 Å². The number of carbonyl (C=O) groups is 2. The molecular formula is C12H21N3O3. The molecule has 0 radical (unpaired) electrons. The number of hydrogen-bond donors (Lipinski definition) is 1. The molecular weight excluding hydrogens is 234 g/mol. The van der Waals surface area contributed by atoms with E-state index >= 15 is 0 Å². The van der Waals surface area contributed by atoms with Gasteiger partial charge in [-0.2, -0.15) is 0 Å². The summed E-state index contributed by atoms with van der Waals surface area (Å²) in [7, 11) is 0. The largest absolute Gasteiger partial charge is 0.372 e. The number of ether oxygens (including phenoxy) is 1. The molecule has 0 aromatic carbocycles. The fourth-order valence-corrected chi connectivity index (χ4v) is 2.31. The molecule has 0 aromatic heterocycles. The van der Waals surface area contributed by atoms with Crippen molar-refractivity contribution in [1.82, 2.24) is 15.1 Å². The summed E-state index contributed by atoms with van der Waals surface area (Å²) in [6, 6.07) is 0. The highest BCUT2D eigenvalue weighted by atomic mass is 16.5. The van der Waals surface area contributed by atoms with Crippen LogP contribution in [0.15, 0.2) is 0 Å². The molecule has 2 heterocycles. The lowest BCUT2D eigenvalue weighted by atomic mass is 10.1. The predicted molar refractivity (Wildman–Crippen MR) is 66.1 cm³/mol. The van der Waals surface area contributed by atoms with Gasteiger partial charge >= 0.3 is 0 Å². The maximum Gasteiger partial charge on any atom is 0.242 e. The maximum absolute atomic E-state index is 12.2. The first-order chi connectivity index (χ1) is 8.48. The van der Waals surface area contributed by atoms with Gasteiger partial charge in [0.25, 0.3) is 0 Å². The van der Waals surface area contributed by atoms with Gasteiger partial charge in [0.1, 0.15) is 0 Å². The third-order valence-electron chi connectivity index (χ3n) is 3.29. The van der Waals surface area contributed by atoms with Crippen molar-refractivity contribution >= 4 is 11.8 Å². The van der Waals surface area contributed by atoms with E-state index in [-0.39, 0.29) is 24.0 Å². The van der Waals surface area contributed by atoms with Crippen LogP contribution < -0.4 is 5.32 Å². The van der Waals surface area contributed by atoms with Crippen LogP contribution in [0.1, 0.15) is 13.8 Å². The minimum Gasteiger partial charge on any atom is -0.372 e. The van der Waals surface area contributed by atoms with Crippen molar-refractivity contribution in [1.29, 1.82) is 0 Å². The number of carbonyl (C=O) groups excluding carboxylic acids is 2. The smallest absolute Gasteiger partial charge is 0.242 e. The van der Waals surface area contributed by atoms with E-state index in [0.717, 1.165) is 6.54 Å². The second-order valence-electron chi connectivity index (χ2n) is 5.42. The molecule has 6 heteroatoms. The maximum atomic E-state index is 12.2. The fraction of sp³-hybridized carbons (Fsp3) is 0.833. The standard InChI is InChI=1S/C12H21N3O3/c1-12(2)9-15(5-6-18-12)11(17)8-14-4-3-13-7-10(14)16/h13H,3-9H2,1-2H3. The Morgan fingerprint density at radius 3 is 2.89 bits per heavy atom. The van der Waals surface area contributed by atoms with Gasteiger partial charge in [-0.15, -0.1) is 0 Å². The Labute approximate surface area is 107 Å². The summed E-state index contributed by atoms with van der Waals surface area (Å²) in [4.78, 5) is 27.2. The van der Waals surface area contributed by atoms with Gasteiger partial charge in [-0.25, -0.2) is 0 Å². The van der Waals surface area contributed by atoms with E-state index in [9.17, 15) is 9.59 Å². The van der Waals surface area contributed by atoms with Crippen LogP contribution in [0.25, 0.3) is 0 Å². The van der Waals surface area contributed by atoms with Crippen LogP contribution in [0.3, 0.4) is 0 Å². The number of morpholine rings is 1. The lowest BCUT2D eigenvalue weighted by Crippen LogP contribution is -2.55. The molecule has 2 aliphatic rings. The number of rotatable bonds is 2. The van der Waals surface area contributed by atoms with Gasteiger partial charge in [0.2, 0.25) is 11.8 Å². The normalized spacial score (nSPS) is 24.2. The van der Waals surface area contributed by atoms with Crippen LogP contribution in [0, 0.1) is 0 Å². The molecule has 2 rings (SSSR count). The molecule has 2 amide bonds. The van der Waals surface area contributed by atoms with Crippen molar-refractivity contribution in [3.05, 3.63) is 0 Å². The average Bonchev–Trinajstić information content (AvgIpc) is 2.31. The minimum absolute atomic E-state index is 0.00196. The highest BCUT2D eigenvalue weighted by molar-refractivity contribution is 5.86. The number of piperazine rings is 1. The van der Waals surface area contributed by atoms with Crippen molar-refractivity contribution in [2.45, 2.75) is 19.4 Å². The topological polar surface area (TPSA) is 61.9 Å². The molecule has 2 aliphatic heterocycles. The minimum atomic E-state index is -0.290. The molecule has 102 valence electrons. The van der Waals surface area contributed by atoms with Crippen LogP contribution in [0.2, 0.25) is 0 Å². The summed E-state index contributed by atoms with van der Waals surface area (Å²) in [6.07, 6.45) is 0. The molecule has 0 unspecified atom stereocenters. The fourth-order valence-electron chi connectivity index (χ4n) is 2.31. The summed E-state index contributed by atoms with van der Waals surface area (Å²) in [6.45, 7) is 7.61. The second-order valence-corrected chi connectivity index (χ2v) is 5.42. The van der Waals surface area contributed by atoms with E-state index in [1.165, 1.54) is 0 Å². The van der Waals surface area contributed by atoms with Gasteiger partial charge in [0.15, 0.2) is 0 Å². The van der Waals surface area contributed by atoms with Gasteiger partial charge in [-0.1, -0.05) is 0 Å². The van der Waals surface area contributed by atoms with E-state index in [1.54, 1.807) is 9.80 Å². The molecule has 1 N–H and O–H groups in total. The number of nitrogens with zero attached hydrogens (tertiary/aromatic N) is 2. The average molecular weight is 255 g/mol. The number of amides is 2. The van der Waals surface area contributed by atoms with E-state index in [0.29, 0.717) is 32.8 Å². The van der Waals surface area contributed by atoms with Crippen LogP contribution in [-0.4, -0.2) is 73.1 Å². The molecule has 0 saturated carbocycles. The summed E-state index contributed by atoms with van der Waals surface area (Å²) >= 11 is 0. The molecule has 2 fully saturated rings. The van der Waals surface area contributed by atoms with Crippen LogP contribution in [0.4, 0.5) is 0 Å². The first-order valence-corrected chi connectivity index (χ1v) is 6.38. The van der Waals surface area contributed by atoms with E-state index < -0.39 is 0 Å². The summed E-state index contributed by atoms with van der Waals surface area (Å²) in [5.74, 6) is 0.0174. The van der Waals surface area contributed by atoms with Crippen molar-refractivity contribution in [2.75, 3.05) is 45.9 Å². The first-order valence-electron chi connectivity index (χ1n) is 6.38. The van der Waals surface area contributed by atoms with E-state index in [2.05, 4.69) is 5.32 Å². The molecule has 18 heavy (non-hydrogen) atoms. The summed E-state index contributed by atoms with van der Waals surface area (Å²) in [5.41, 5.74) is -0.290. The van der Waals surface area contributed by atoms with Crippen molar-refractivity contribution in [2.24, 2.45) is 0 Å². The molecule has 2 saturated heterocycles. The summed E-state index contributed by atoms with van der Waals surface area (Å²) < 4.78 is 5.57. The molecule has 0 aliphatic carbocycles. The zero-order chi connectivity index (χ0) is 13.2. The van der Waals surface area contributed by atoms with Crippen molar-refractivity contribution in [3.8, 4) is 0 Å². The van der Waals surface area contributed by atoms with Gasteiger partial charge in [0.05, 0.1) is 25.3 Å². The van der Waals surface area contributed by atoms with Crippen LogP contribution in [-0.2, 0) is 14.3 Å². The molecule has 6 nitrogen and oxygen atoms in total. The quantitative estimate of drug-likeness (QED) is 0.691. The summed E-state index contributed by atoms with van der Waals surface area (Å²) in [5, 5.41) is 2.99. The van der Waals surface area contributed by atoms with Gasteiger partial charge in [-0.3, -0.25) is 9.59 Å². The highest BCUT2D eigenvalue weighted by Gasteiger charge is 2.31. The Morgan fingerprint density at radius 1 is 1.44 bits per heavy atom. The Bertz CT molecular complexity index is 343. The second kappa shape index (κ2) is 5.24. The highest BCUT2D eigenvalue weighted by Crippen LogP contribution is 2.16. The first kappa shape index (κ1) is 13.3. The Morgan fingerprint density at radius 2 is 2.22 bits per heavy atom. The zero-order valence-corrected chi connectivity index (χ0v) is 11.1. The van der Waals surface area contributed by atoms with Crippen molar-refractivity contribution in [3.63, 3.8) is 0 Å². The molecule has 0 spiro atoms. The SMILES string of the molecule is CC1(C)CN(C(=O)CN2CCNCC2=O)CCO1. The van der Waals surface area contributed by atoms with Crippen molar-refractivity contribution < 1.29 is 14.3 Å².